The maximum Gasteiger partial charge on any atom is 0.243 e. The minimum absolute atomic E-state index is 0.0962. The Morgan fingerprint density at radius 1 is 1.00 bits per heavy atom. The fourth-order valence-corrected chi connectivity index (χ4v) is 3.37. The zero-order valence-electron chi connectivity index (χ0n) is 17.3. The molecule has 4 nitrogen and oxygen atoms in total. The van der Waals surface area contributed by atoms with Gasteiger partial charge in [0.15, 0.2) is 0 Å². The van der Waals surface area contributed by atoms with Crippen molar-refractivity contribution in [3.05, 3.63) is 69.7 Å². The minimum Gasteiger partial charge on any atom is -0.350 e. The highest BCUT2D eigenvalue weighted by atomic mass is 35.5. The van der Waals surface area contributed by atoms with E-state index >= 15 is 0 Å². The number of nitrogens with zero attached hydrogens (tertiary/aromatic N) is 1. The Bertz CT molecular complexity index is 848. The molecule has 0 heterocycles. The van der Waals surface area contributed by atoms with Crippen molar-refractivity contribution in [3.63, 3.8) is 0 Å². The number of hydrogen-bond donors (Lipinski definition) is 1. The van der Waals surface area contributed by atoms with Crippen LogP contribution in [-0.2, 0) is 22.6 Å². The molecule has 1 N–H and O–H groups in total. The average Bonchev–Trinajstić information content (AvgIpc) is 2.66. The van der Waals surface area contributed by atoms with Crippen molar-refractivity contribution in [2.24, 2.45) is 0 Å². The lowest BCUT2D eigenvalue weighted by Gasteiger charge is -2.33. The SMILES string of the molecule is CCC(=O)N(Cc1ccc(Cl)c(Cl)c1)[C@@H](Cc1ccccc1)C(=O)NC(C)(C)C. The van der Waals surface area contributed by atoms with Crippen molar-refractivity contribution in [2.45, 2.75) is 58.7 Å². The normalized spacial score (nSPS) is 12.3. The van der Waals surface area contributed by atoms with Crippen molar-refractivity contribution in [2.75, 3.05) is 0 Å². The van der Waals surface area contributed by atoms with Crippen molar-refractivity contribution < 1.29 is 9.59 Å². The monoisotopic (exact) mass is 434 g/mol. The van der Waals surface area contributed by atoms with E-state index in [0.29, 0.717) is 22.9 Å². The van der Waals surface area contributed by atoms with Crippen molar-refractivity contribution in [3.8, 4) is 0 Å². The molecule has 0 fully saturated rings. The lowest BCUT2D eigenvalue weighted by atomic mass is 10.0. The van der Waals surface area contributed by atoms with E-state index in [1.54, 1.807) is 24.0 Å². The third-order valence-electron chi connectivity index (χ3n) is 4.41. The first-order valence-corrected chi connectivity index (χ1v) is 10.5. The molecule has 0 saturated heterocycles. The molecule has 0 unspecified atom stereocenters. The molecule has 0 aliphatic heterocycles. The predicted molar refractivity (Wildman–Crippen MR) is 119 cm³/mol. The van der Waals surface area contributed by atoms with Gasteiger partial charge in [-0.05, 0) is 44.0 Å². The molecule has 156 valence electrons. The van der Waals surface area contributed by atoms with Gasteiger partial charge in [0.25, 0.3) is 0 Å². The Morgan fingerprint density at radius 2 is 1.66 bits per heavy atom. The number of amides is 2. The lowest BCUT2D eigenvalue weighted by molar-refractivity contribution is -0.141. The van der Waals surface area contributed by atoms with Crippen LogP contribution in [0.4, 0.5) is 0 Å². The van der Waals surface area contributed by atoms with Gasteiger partial charge in [-0.2, -0.15) is 0 Å². The maximum absolute atomic E-state index is 13.2. The maximum atomic E-state index is 13.2. The number of halogens is 2. The predicted octanol–water partition coefficient (Wildman–Crippen LogP) is 5.26. The van der Waals surface area contributed by atoms with E-state index in [2.05, 4.69) is 5.32 Å². The molecular formula is C23H28Cl2N2O2. The van der Waals surface area contributed by atoms with E-state index in [-0.39, 0.29) is 18.4 Å². The van der Waals surface area contributed by atoms with Gasteiger partial charge in [-0.15, -0.1) is 0 Å². The van der Waals surface area contributed by atoms with Gasteiger partial charge in [0.1, 0.15) is 6.04 Å². The lowest BCUT2D eigenvalue weighted by Crippen LogP contribution is -2.54. The average molecular weight is 435 g/mol. The van der Waals surface area contributed by atoms with Crippen LogP contribution in [0.15, 0.2) is 48.5 Å². The number of hydrogen-bond acceptors (Lipinski definition) is 2. The van der Waals surface area contributed by atoms with E-state index < -0.39 is 11.6 Å². The zero-order valence-corrected chi connectivity index (χ0v) is 18.8. The third kappa shape index (κ3) is 7.06. The third-order valence-corrected chi connectivity index (χ3v) is 5.15. The molecule has 1 atom stereocenters. The van der Waals surface area contributed by atoms with Crippen LogP contribution in [0.2, 0.25) is 10.0 Å². The number of rotatable bonds is 7. The van der Waals surface area contributed by atoms with Crippen LogP contribution in [0.5, 0.6) is 0 Å². The molecule has 2 amide bonds. The van der Waals surface area contributed by atoms with Crippen LogP contribution in [-0.4, -0.2) is 28.3 Å². The van der Waals surface area contributed by atoms with E-state index in [1.807, 2.05) is 57.2 Å². The summed E-state index contributed by atoms with van der Waals surface area (Å²) in [5, 5.41) is 3.90. The molecule has 6 heteroatoms. The summed E-state index contributed by atoms with van der Waals surface area (Å²) in [6, 6.07) is 14.3. The number of nitrogens with one attached hydrogen (secondary N) is 1. The highest BCUT2D eigenvalue weighted by Crippen LogP contribution is 2.24. The Labute approximate surface area is 183 Å². The number of carbonyl (C=O) groups excluding carboxylic acids is 2. The first-order valence-electron chi connectivity index (χ1n) is 9.70. The zero-order chi connectivity index (χ0) is 21.6. The fraction of sp³-hybridized carbons (Fsp3) is 0.391. The standard InChI is InChI=1S/C23H28Cl2N2O2/c1-5-21(28)27(15-17-11-12-18(24)19(25)13-17)20(22(29)26-23(2,3)4)14-16-9-7-6-8-10-16/h6-13,20H,5,14-15H2,1-4H3,(H,26,29)/t20-/m0/s1. The molecule has 0 radical (unpaired) electrons. The topological polar surface area (TPSA) is 49.4 Å². The molecule has 0 aromatic heterocycles. The second-order valence-corrected chi connectivity index (χ2v) is 8.88. The second-order valence-electron chi connectivity index (χ2n) is 8.07. The van der Waals surface area contributed by atoms with E-state index in [9.17, 15) is 9.59 Å². The van der Waals surface area contributed by atoms with Crippen molar-refractivity contribution in [1.29, 1.82) is 0 Å². The quantitative estimate of drug-likeness (QED) is 0.645. The molecule has 2 aromatic carbocycles. The van der Waals surface area contributed by atoms with Gasteiger partial charge < -0.3 is 10.2 Å². The van der Waals surface area contributed by atoms with Crippen LogP contribution < -0.4 is 5.32 Å². The summed E-state index contributed by atoms with van der Waals surface area (Å²) in [4.78, 5) is 27.7. The van der Waals surface area contributed by atoms with Gasteiger partial charge in [-0.1, -0.05) is 66.5 Å². The van der Waals surface area contributed by atoms with Gasteiger partial charge in [-0.3, -0.25) is 9.59 Å². The van der Waals surface area contributed by atoms with Gasteiger partial charge in [0, 0.05) is 24.9 Å². The molecule has 2 rings (SSSR count). The van der Waals surface area contributed by atoms with Crippen LogP contribution in [0.25, 0.3) is 0 Å². The molecule has 0 spiro atoms. The number of benzene rings is 2. The molecule has 2 aromatic rings. The number of carbonyl (C=O) groups is 2. The summed E-state index contributed by atoms with van der Waals surface area (Å²) >= 11 is 12.2. The first-order chi connectivity index (χ1) is 13.6. The largest absolute Gasteiger partial charge is 0.350 e. The van der Waals surface area contributed by atoms with Gasteiger partial charge in [0.2, 0.25) is 11.8 Å². The summed E-state index contributed by atoms with van der Waals surface area (Å²) < 4.78 is 0. The molecular weight excluding hydrogens is 407 g/mol. The Kier molecular flexibility index (Phi) is 8.12. The molecule has 0 bridgehead atoms. The Morgan fingerprint density at radius 3 is 2.21 bits per heavy atom. The second kappa shape index (κ2) is 10.1. The molecule has 29 heavy (non-hydrogen) atoms. The summed E-state index contributed by atoms with van der Waals surface area (Å²) in [7, 11) is 0. The van der Waals surface area contributed by atoms with Crippen LogP contribution in [0.3, 0.4) is 0 Å². The van der Waals surface area contributed by atoms with E-state index in [0.717, 1.165) is 11.1 Å². The fourth-order valence-electron chi connectivity index (χ4n) is 3.04. The molecule has 0 aliphatic carbocycles. The van der Waals surface area contributed by atoms with Gasteiger partial charge >= 0.3 is 0 Å². The smallest absolute Gasteiger partial charge is 0.243 e. The van der Waals surface area contributed by atoms with Crippen LogP contribution in [0.1, 0.15) is 45.2 Å². The van der Waals surface area contributed by atoms with Crippen molar-refractivity contribution in [1.82, 2.24) is 10.2 Å². The van der Waals surface area contributed by atoms with Crippen LogP contribution >= 0.6 is 23.2 Å². The summed E-state index contributed by atoms with van der Waals surface area (Å²) in [5.41, 5.74) is 1.41. The Balaban J connectivity index is 2.40. The molecule has 0 aliphatic rings. The summed E-state index contributed by atoms with van der Waals surface area (Å²) in [6.45, 7) is 7.85. The van der Waals surface area contributed by atoms with E-state index in [4.69, 9.17) is 23.2 Å². The first kappa shape index (κ1) is 23.2. The van der Waals surface area contributed by atoms with Gasteiger partial charge in [-0.25, -0.2) is 0 Å². The van der Waals surface area contributed by atoms with Crippen LogP contribution in [0, 0.1) is 0 Å². The minimum atomic E-state index is -0.640. The summed E-state index contributed by atoms with van der Waals surface area (Å²) in [5.74, 6) is -0.274. The van der Waals surface area contributed by atoms with Crippen molar-refractivity contribution >= 4 is 35.0 Å². The Hall–Kier alpha value is -2.04. The highest BCUT2D eigenvalue weighted by Gasteiger charge is 2.31. The summed E-state index contributed by atoms with van der Waals surface area (Å²) in [6.07, 6.45) is 0.727. The van der Waals surface area contributed by atoms with E-state index in [1.165, 1.54) is 0 Å². The van der Waals surface area contributed by atoms with Gasteiger partial charge in [0.05, 0.1) is 10.0 Å². The molecule has 0 saturated carbocycles. The highest BCUT2D eigenvalue weighted by molar-refractivity contribution is 6.42.